The summed E-state index contributed by atoms with van der Waals surface area (Å²) in [6.45, 7) is 3.38. The molecule has 3 N–H and O–H groups in total. The lowest BCUT2D eigenvalue weighted by atomic mass is 10.2. The SMILES string of the molecule is CC(C)N(C(=O)OCc1ccccc1)S(=O)(=O)NCCN. The summed E-state index contributed by atoms with van der Waals surface area (Å²) < 4.78 is 32.1. The molecule has 0 aliphatic heterocycles. The van der Waals surface area contributed by atoms with Crippen molar-refractivity contribution in [2.24, 2.45) is 5.73 Å². The molecule has 0 unspecified atom stereocenters. The maximum atomic E-state index is 12.0. The van der Waals surface area contributed by atoms with Gasteiger partial charge >= 0.3 is 16.3 Å². The van der Waals surface area contributed by atoms with Crippen LogP contribution in [0.15, 0.2) is 30.3 Å². The number of rotatable bonds is 7. The molecule has 1 aromatic rings. The minimum absolute atomic E-state index is 0.00923. The molecule has 0 aromatic heterocycles. The molecular weight excluding hydrogens is 294 g/mol. The molecule has 0 bridgehead atoms. The third-order valence-corrected chi connectivity index (χ3v) is 4.20. The molecule has 0 radical (unpaired) electrons. The van der Waals surface area contributed by atoms with E-state index < -0.39 is 22.3 Å². The van der Waals surface area contributed by atoms with Gasteiger partial charge in [0.2, 0.25) is 0 Å². The van der Waals surface area contributed by atoms with Gasteiger partial charge < -0.3 is 10.5 Å². The van der Waals surface area contributed by atoms with E-state index in [4.69, 9.17) is 10.5 Å². The predicted molar refractivity (Wildman–Crippen MR) is 79.6 cm³/mol. The Labute approximate surface area is 125 Å². The van der Waals surface area contributed by atoms with Gasteiger partial charge in [-0.1, -0.05) is 30.3 Å². The quantitative estimate of drug-likeness (QED) is 0.776. The molecule has 0 heterocycles. The highest BCUT2D eigenvalue weighted by Gasteiger charge is 2.31. The molecule has 0 atom stereocenters. The van der Waals surface area contributed by atoms with Crippen LogP contribution in [0.25, 0.3) is 0 Å². The van der Waals surface area contributed by atoms with E-state index in [1.54, 1.807) is 26.0 Å². The number of hydrogen-bond acceptors (Lipinski definition) is 5. The first-order valence-electron chi connectivity index (χ1n) is 6.58. The van der Waals surface area contributed by atoms with Crippen molar-refractivity contribution in [3.8, 4) is 0 Å². The van der Waals surface area contributed by atoms with E-state index in [0.29, 0.717) is 4.31 Å². The average molecular weight is 315 g/mol. The summed E-state index contributed by atoms with van der Waals surface area (Å²) in [6.07, 6.45) is -0.918. The van der Waals surface area contributed by atoms with Crippen LogP contribution < -0.4 is 10.5 Å². The molecule has 0 aliphatic carbocycles. The van der Waals surface area contributed by atoms with Crippen LogP contribution in [0.5, 0.6) is 0 Å². The Morgan fingerprint density at radius 3 is 2.48 bits per heavy atom. The molecule has 0 saturated heterocycles. The number of carbonyl (C=O) groups excluding carboxylic acids is 1. The first-order chi connectivity index (χ1) is 9.88. The first-order valence-corrected chi connectivity index (χ1v) is 8.02. The molecular formula is C13H21N3O4S. The second-order valence-corrected chi connectivity index (χ2v) is 6.25. The van der Waals surface area contributed by atoms with Crippen LogP contribution in [-0.2, 0) is 21.6 Å². The van der Waals surface area contributed by atoms with Crippen molar-refractivity contribution in [1.29, 1.82) is 0 Å². The van der Waals surface area contributed by atoms with Gasteiger partial charge in [-0.15, -0.1) is 0 Å². The van der Waals surface area contributed by atoms with Crippen LogP contribution in [0.3, 0.4) is 0 Å². The van der Waals surface area contributed by atoms with Crippen molar-refractivity contribution < 1.29 is 17.9 Å². The maximum absolute atomic E-state index is 12.0. The van der Waals surface area contributed by atoms with Crippen LogP contribution in [0.4, 0.5) is 4.79 Å². The molecule has 0 aliphatic rings. The predicted octanol–water partition coefficient (Wildman–Crippen LogP) is 0.827. The standard InChI is InChI=1S/C13H21N3O4S/c1-11(2)16(21(18,19)15-9-8-14)13(17)20-10-12-6-4-3-5-7-12/h3-7,11,15H,8-10,14H2,1-2H3. The van der Waals surface area contributed by atoms with Crippen molar-refractivity contribution in [2.45, 2.75) is 26.5 Å². The summed E-state index contributed by atoms with van der Waals surface area (Å²) in [4.78, 5) is 12.0. The van der Waals surface area contributed by atoms with E-state index in [9.17, 15) is 13.2 Å². The number of amides is 1. The van der Waals surface area contributed by atoms with Gasteiger partial charge in [-0.25, -0.2) is 4.79 Å². The summed E-state index contributed by atoms with van der Waals surface area (Å²) in [5.41, 5.74) is 6.04. The summed E-state index contributed by atoms with van der Waals surface area (Å²) >= 11 is 0. The van der Waals surface area contributed by atoms with Gasteiger partial charge in [0.1, 0.15) is 6.61 Å². The molecule has 1 rings (SSSR count). The number of carbonyl (C=O) groups is 1. The van der Waals surface area contributed by atoms with E-state index in [1.807, 2.05) is 18.2 Å². The minimum Gasteiger partial charge on any atom is -0.444 e. The van der Waals surface area contributed by atoms with Gasteiger partial charge in [0.25, 0.3) is 0 Å². The Bertz CT molecular complexity index is 546. The van der Waals surface area contributed by atoms with E-state index >= 15 is 0 Å². The van der Waals surface area contributed by atoms with Crippen molar-refractivity contribution in [2.75, 3.05) is 13.1 Å². The van der Waals surface area contributed by atoms with Crippen LogP contribution in [0.2, 0.25) is 0 Å². The zero-order chi connectivity index (χ0) is 15.9. The summed E-state index contributed by atoms with van der Waals surface area (Å²) in [5, 5.41) is 0. The van der Waals surface area contributed by atoms with Gasteiger partial charge in [0, 0.05) is 19.1 Å². The third-order valence-electron chi connectivity index (χ3n) is 2.54. The molecule has 1 amide bonds. The maximum Gasteiger partial charge on any atom is 0.425 e. The number of ether oxygens (including phenoxy) is 1. The van der Waals surface area contributed by atoms with Crippen molar-refractivity contribution in [3.05, 3.63) is 35.9 Å². The molecule has 0 saturated carbocycles. The summed E-state index contributed by atoms with van der Waals surface area (Å²) in [7, 11) is -3.96. The van der Waals surface area contributed by atoms with Gasteiger partial charge in [-0.3, -0.25) is 0 Å². The van der Waals surface area contributed by atoms with E-state index in [2.05, 4.69) is 4.72 Å². The fraction of sp³-hybridized carbons (Fsp3) is 0.462. The fourth-order valence-electron chi connectivity index (χ4n) is 1.63. The Morgan fingerprint density at radius 1 is 1.33 bits per heavy atom. The van der Waals surface area contributed by atoms with Crippen molar-refractivity contribution in [3.63, 3.8) is 0 Å². The Balaban J connectivity index is 2.74. The monoisotopic (exact) mass is 315 g/mol. The number of benzene rings is 1. The van der Waals surface area contributed by atoms with Crippen LogP contribution >= 0.6 is 0 Å². The highest BCUT2D eigenvalue weighted by atomic mass is 32.2. The van der Waals surface area contributed by atoms with E-state index in [0.717, 1.165) is 5.56 Å². The lowest BCUT2D eigenvalue weighted by Crippen LogP contribution is -2.49. The first kappa shape index (κ1) is 17.4. The lowest BCUT2D eigenvalue weighted by Gasteiger charge is -2.25. The van der Waals surface area contributed by atoms with Gasteiger partial charge in [-0.2, -0.15) is 17.4 Å². The van der Waals surface area contributed by atoms with E-state index in [1.165, 1.54) is 0 Å². The molecule has 0 spiro atoms. The normalized spacial score (nSPS) is 11.4. The van der Waals surface area contributed by atoms with Crippen molar-refractivity contribution in [1.82, 2.24) is 9.03 Å². The van der Waals surface area contributed by atoms with Crippen LogP contribution in [0, 0.1) is 0 Å². The van der Waals surface area contributed by atoms with Gasteiger partial charge in [0.15, 0.2) is 0 Å². The van der Waals surface area contributed by atoms with Crippen molar-refractivity contribution >= 4 is 16.3 Å². The Morgan fingerprint density at radius 2 is 1.95 bits per heavy atom. The molecule has 7 nitrogen and oxygen atoms in total. The van der Waals surface area contributed by atoms with E-state index in [-0.39, 0.29) is 19.7 Å². The smallest absolute Gasteiger partial charge is 0.425 e. The second-order valence-electron chi connectivity index (χ2n) is 4.62. The number of nitrogens with two attached hydrogens (primary N) is 1. The minimum atomic E-state index is -3.96. The Hall–Kier alpha value is -1.64. The highest BCUT2D eigenvalue weighted by molar-refractivity contribution is 7.87. The summed E-state index contributed by atoms with van der Waals surface area (Å²) in [5.74, 6) is 0. The highest BCUT2D eigenvalue weighted by Crippen LogP contribution is 2.10. The molecule has 118 valence electrons. The third kappa shape index (κ3) is 5.33. The average Bonchev–Trinajstić information content (AvgIpc) is 2.43. The van der Waals surface area contributed by atoms with Crippen LogP contribution in [0.1, 0.15) is 19.4 Å². The van der Waals surface area contributed by atoms with Gasteiger partial charge in [0.05, 0.1) is 0 Å². The number of hydrogen-bond donors (Lipinski definition) is 2. The second kappa shape index (κ2) is 7.96. The fourth-order valence-corrected chi connectivity index (χ4v) is 2.95. The molecule has 0 fully saturated rings. The zero-order valence-corrected chi connectivity index (χ0v) is 13.0. The number of nitrogens with one attached hydrogen (secondary N) is 1. The summed E-state index contributed by atoms with van der Waals surface area (Å²) in [6, 6.07) is 8.46. The molecule has 21 heavy (non-hydrogen) atoms. The molecule has 8 heteroatoms. The Kier molecular flexibility index (Phi) is 6.60. The van der Waals surface area contributed by atoms with Crippen LogP contribution in [-0.4, -0.2) is 37.9 Å². The largest absolute Gasteiger partial charge is 0.444 e. The topological polar surface area (TPSA) is 102 Å². The lowest BCUT2D eigenvalue weighted by molar-refractivity contribution is 0.112. The van der Waals surface area contributed by atoms with Gasteiger partial charge in [-0.05, 0) is 19.4 Å². The number of nitrogens with zero attached hydrogens (tertiary/aromatic N) is 1. The molecule has 1 aromatic carbocycles. The zero-order valence-electron chi connectivity index (χ0n) is 12.2.